The van der Waals surface area contributed by atoms with Crippen molar-refractivity contribution in [3.05, 3.63) is 0 Å². The second-order valence-corrected chi connectivity index (χ2v) is 5.58. The van der Waals surface area contributed by atoms with Crippen LogP contribution < -0.4 is 0 Å². The maximum Gasteiger partial charge on any atom is 0.320 e. The molecule has 0 N–H and O–H groups in total. The number of amides is 2. The number of carbonyl (C=O) groups is 2. The summed E-state index contributed by atoms with van der Waals surface area (Å²) in [4.78, 5) is 27.7. The summed E-state index contributed by atoms with van der Waals surface area (Å²) in [6, 6.07) is 0.311. The van der Waals surface area contributed by atoms with Crippen molar-refractivity contribution in [2.75, 3.05) is 19.6 Å². The van der Waals surface area contributed by atoms with Gasteiger partial charge in [-0.2, -0.15) is 0 Å². The fourth-order valence-electron chi connectivity index (χ4n) is 3.06. The van der Waals surface area contributed by atoms with Gasteiger partial charge < -0.3 is 9.80 Å². The lowest BCUT2D eigenvalue weighted by Gasteiger charge is -2.40. The van der Waals surface area contributed by atoms with Gasteiger partial charge in [0.25, 0.3) is 0 Å². The van der Waals surface area contributed by atoms with Crippen molar-refractivity contribution in [3.63, 3.8) is 0 Å². The minimum Gasteiger partial charge on any atom is -0.325 e. The average molecular weight is 252 g/mol. The van der Waals surface area contributed by atoms with Crippen LogP contribution in [0.5, 0.6) is 0 Å². The second kappa shape index (κ2) is 6.21. The van der Waals surface area contributed by atoms with Crippen LogP contribution in [0.25, 0.3) is 0 Å². The maximum absolute atomic E-state index is 12.5. The summed E-state index contributed by atoms with van der Waals surface area (Å²) >= 11 is 0. The number of Topliss-reactive ketones (excluding diaryl/α,β-unsaturated/α-hetero) is 1. The van der Waals surface area contributed by atoms with E-state index in [0.717, 1.165) is 51.7 Å². The van der Waals surface area contributed by atoms with Gasteiger partial charge >= 0.3 is 6.03 Å². The van der Waals surface area contributed by atoms with Crippen molar-refractivity contribution in [3.8, 4) is 0 Å². The standard InChI is InChI=1S/C14H24N2O2/c1-12(17)11-13-7-3-6-10-16(13)14(18)15-8-4-2-5-9-15/h13H,2-11H2,1H3. The minimum atomic E-state index is 0.144. The highest BCUT2D eigenvalue weighted by molar-refractivity contribution is 5.79. The molecule has 2 rings (SSSR count). The normalized spacial score (nSPS) is 25.1. The third kappa shape index (κ3) is 3.24. The van der Waals surface area contributed by atoms with E-state index in [1.807, 2.05) is 9.80 Å². The molecule has 1 unspecified atom stereocenters. The Morgan fingerprint density at radius 2 is 1.67 bits per heavy atom. The van der Waals surface area contributed by atoms with Crippen LogP contribution in [-0.2, 0) is 4.79 Å². The number of carbonyl (C=O) groups excluding carboxylic acids is 2. The summed E-state index contributed by atoms with van der Waals surface area (Å²) < 4.78 is 0. The first-order chi connectivity index (χ1) is 8.68. The molecule has 102 valence electrons. The van der Waals surface area contributed by atoms with Gasteiger partial charge in [-0.05, 0) is 45.4 Å². The Morgan fingerprint density at radius 3 is 2.33 bits per heavy atom. The summed E-state index contributed by atoms with van der Waals surface area (Å²) in [7, 11) is 0. The molecule has 0 aliphatic carbocycles. The molecular weight excluding hydrogens is 228 g/mol. The molecule has 2 saturated heterocycles. The first-order valence-corrected chi connectivity index (χ1v) is 7.23. The van der Waals surface area contributed by atoms with Crippen molar-refractivity contribution in [1.29, 1.82) is 0 Å². The molecule has 0 aromatic carbocycles. The lowest BCUT2D eigenvalue weighted by molar-refractivity contribution is -0.118. The van der Waals surface area contributed by atoms with E-state index in [9.17, 15) is 9.59 Å². The molecule has 0 bridgehead atoms. The highest BCUT2D eigenvalue weighted by Gasteiger charge is 2.30. The van der Waals surface area contributed by atoms with Crippen LogP contribution in [0.1, 0.15) is 51.9 Å². The van der Waals surface area contributed by atoms with E-state index in [2.05, 4.69) is 0 Å². The number of hydrogen-bond donors (Lipinski definition) is 0. The molecule has 2 aliphatic rings. The number of nitrogens with zero attached hydrogens (tertiary/aromatic N) is 2. The Balaban J connectivity index is 1.98. The zero-order valence-corrected chi connectivity index (χ0v) is 11.4. The number of likely N-dealkylation sites (tertiary alicyclic amines) is 2. The summed E-state index contributed by atoms with van der Waals surface area (Å²) in [5.41, 5.74) is 0. The average Bonchev–Trinajstić information content (AvgIpc) is 2.39. The number of rotatable bonds is 2. The van der Waals surface area contributed by atoms with E-state index in [4.69, 9.17) is 0 Å². The smallest absolute Gasteiger partial charge is 0.320 e. The largest absolute Gasteiger partial charge is 0.325 e. The van der Waals surface area contributed by atoms with E-state index < -0.39 is 0 Å². The molecule has 0 saturated carbocycles. The third-order valence-electron chi connectivity index (χ3n) is 4.02. The number of hydrogen-bond acceptors (Lipinski definition) is 2. The third-order valence-corrected chi connectivity index (χ3v) is 4.02. The summed E-state index contributed by atoms with van der Waals surface area (Å²) in [6.07, 6.45) is 7.21. The van der Waals surface area contributed by atoms with Crippen LogP contribution >= 0.6 is 0 Å². The Kier molecular flexibility index (Phi) is 4.61. The Hall–Kier alpha value is -1.06. The van der Waals surface area contributed by atoms with E-state index in [1.54, 1.807) is 6.92 Å². The van der Waals surface area contributed by atoms with Gasteiger partial charge in [0.05, 0.1) is 0 Å². The fraction of sp³-hybridized carbons (Fsp3) is 0.857. The molecule has 1 atom stereocenters. The quantitative estimate of drug-likeness (QED) is 0.757. The predicted molar refractivity (Wildman–Crippen MR) is 70.5 cm³/mol. The molecule has 18 heavy (non-hydrogen) atoms. The van der Waals surface area contributed by atoms with E-state index >= 15 is 0 Å². The van der Waals surface area contributed by atoms with Crippen molar-refractivity contribution in [2.45, 2.75) is 57.9 Å². The SMILES string of the molecule is CC(=O)CC1CCCCN1C(=O)N1CCCCC1. The lowest BCUT2D eigenvalue weighted by Crippen LogP contribution is -2.52. The first kappa shape index (κ1) is 13.4. The summed E-state index contributed by atoms with van der Waals surface area (Å²) in [5.74, 6) is 0.193. The zero-order chi connectivity index (χ0) is 13.0. The van der Waals surface area contributed by atoms with Gasteiger partial charge in [-0.15, -0.1) is 0 Å². The van der Waals surface area contributed by atoms with Gasteiger partial charge in [0.2, 0.25) is 0 Å². The maximum atomic E-state index is 12.5. The van der Waals surface area contributed by atoms with Gasteiger partial charge in [-0.25, -0.2) is 4.79 Å². The molecule has 0 aromatic heterocycles. The number of ketones is 1. The van der Waals surface area contributed by atoms with Crippen molar-refractivity contribution >= 4 is 11.8 Å². The molecule has 0 aromatic rings. The molecule has 2 aliphatic heterocycles. The monoisotopic (exact) mass is 252 g/mol. The van der Waals surface area contributed by atoms with Gasteiger partial charge in [-0.1, -0.05) is 0 Å². The van der Waals surface area contributed by atoms with Crippen LogP contribution in [-0.4, -0.2) is 47.3 Å². The van der Waals surface area contributed by atoms with Crippen LogP contribution in [0, 0.1) is 0 Å². The molecule has 2 amide bonds. The number of piperidine rings is 2. The second-order valence-electron chi connectivity index (χ2n) is 5.58. The van der Waals surface area contributed by atoms with Crippen LogP contribution in [0.2, 0.25) is 0 Å². The number of urea groups is 1. The van der Waals surface area contributed by atoms with Crippen LogP contribution in [0.15, 0.2) is 0 Å². The van der Waals surface area contributed by atoms with Gasteiger partial charge in [0, 0.05) is 32.1 Å². The Bertz CT molecular complexity index is 311. The molecule has 2 heterocycles. The van der Waals surface area contributed by atoms with Gasteiger partial charge in [0.15, 0.2) is 0 Å². The topological polar surface area (TPSA) is 40.6 Å². The van der Waals surface area contributed by atoms with Crippen molar-refractivity contribution in [1.82, 2.24) is 9.80 Å². The van der Waals surface area contributed by atoms with Crippen molar-refractivity contribution in [2.24, 2.45) is 0 Å². The Morgan fingerprint density at radius 1 is 1.00 bits per heavy atom. The van der Waals surface area contributed by atoms with Gasteiger partial charge in [0.1, 0.15) is 5.78 Å². The molecule has 4 heteroatoms. The highest BCUT2D eigenvalue weighted by Crippen LogP contribution is 2.22. The van der Waals surface area contributed by atoms with E-state index in [0.29, 0.717) is 6.42 Å². The molecule has 4 nitrogen and oxygen atoms in total. The van der Waals surface area contributed by atoms with E-state index in [-0.39, 0.29) is 17.9 Å². The summed E-state index contributed by atoms with van der Waals surface area (Å²) in [6.45, 7) is 4.23. The molecule has 0 radical (unpaired) electrons. The highest BCUT2D eigenvalue weighted by atomic mass is 16.2. The van der Waals surface area contributed by atoms with Crippen LogP contribution in [0.3, 0.4) is 0 Å². The van der Waals surface area contributed by atoms with Crippen LogP contribution in [0.4, 0.5) is 4.79 Å². The molecule has 2 fully saturated rings. The summed E-state index contributed by atoms with van der Waals surface area (Å²) in [5, 5.41) is 0. The van der Waals surface area contributed by atoms with Crippen molar-refractivity contribution < 1.29 is 9.59 Å². The molecule has 0 spiro atoms. The molecular formula is C14H24N2O2. The lowest BCUT2D eigenvalue weighted by atomic mass is 9.98. The van der Waals surface area contributed by atoms with Gasteiger partial charge in [-0.3, -0.25) is 4.79 Å². The zero-order valence-electron chi connectivity index (χ0n) is 11.4. The first-order valence-electron chi connectivity index (χ1n) is 7.23. The minimum absolute atomic E-state index is 0.144. The van der Waals surface area contributed by atoms with E-state index in [1.165, 1.54) is 6.42 Å². The Labute approximate surface area is 109 Å². The fourth-order valence-corrected chi connectivity index (χ4v) is 3.06. The predicted octanol–water partition coefficient (Wildman–Crippen LogP) is 2.43.